The molecule has 0 bridgehead atoms. The van der Waals surface area contributed by atoms with E-state index in [0.717, 1.165) is 0 Å². The summed E-state index contributed by atoms with van der Waals surface area (Å²) in [4.78, 5) is 11.6. The maximum atomic E-state index is 11.6. The number of carbonyl (C=O) groups excluding carboxylic acids is 1. The molecule has 0 unspecified atom stereocenters. The third-order valence-electron chi connectivity index (χ3n) is 1.70. The number of carbonyl (C=O) groups is 1. The number of esters is 1. The van der Waals surface area contributed by atoms with Crippen LogP contribution in [0.15, 0.2) is 12.3 Å². The molecule has 0 spiro atoms. The smallest absolute Gasteiger partial charge is 0.357 e. The molecule has 0 aliphatic rings. The van der Waals surface area contributed by atoms with Crippen LogP contribution in [0.4, 0.5) is 5.69 Å². The zero-order chi connectivity index (χ0) is 10.9. The second-order valence-corrected chi connectivity index (χ2v) is 4.23. The number of nitrogens with two attached hydrogens (primary N) is 1. The van der Waals surface area contributed by atoms with Gasteiger partial charge in [0.25, 0.3) is 0 Å². The maximum Gasteiger partial charge on any atom is 0.357 e. The van der Waals surface area contributed by atoms with Crippen molar-refractivity contribution in [2.75, 3.05) is 5.73 Å². The minimum Gasteiger partial charge on any atom is -0.455 e. The van der Waals surface area contributed by atoms with E-state index in [2.05, 4.69) is 0 Å². The van der Waals surface area contributed by atoms with Crippen LogP contribution in [0.25, 0.3) is 0 Å². The molecule has 0 fully saturated rings. The Balaban J connectivity index is 2.90. The van der Waals surface area contributed by atoms with Crippen LogP contribution in [0.2, 0.25) is 0 Å². The second-order valence-electron chi connectivity index (χ2n) is 4.23. The van der Waals surface area contributed by atoms with Gasteiger partial charge >= 0.3 is 5.97 Å². The number of hydrogen-bond acceptors (Lipinski definition) is 3. The summed E-state index contributed by atoms with van der Waals surface area (Å²) in [6.45, 7) is 5.47. The largest absolute Gasteiger partial charge is 0.455 e. The van der Waals surface area contributed by atoms with Crippen molar-refractivity contribution in [1.29, 1.82) is 0 Å². The average Bonchev–Trinajstić information content (AvgIpc) is 2.27. The van der Waals surface area contributed by atoms with Gasteiger partial charge in [0.15, 0.2) is 5.69 Å². The number of hydrogen-bond donors (Lipinski definition) is 1. The van der Waals surface area contributed by atoms with Crippen LogP contribution < -0.4 is 5.73 Å². The van der Waals surface area contributed by atoms with Gasteiger partial charge in [-0.25, -0.2) is 4.79 Å². The van der Waals surface area contributed by atoms with Crippen LogP contribution in [-0.2, 0) is 11.8 Å². The van der Waals surface area contributed by atoms with Gasteiger partial charge in [-0.05, 0) is 26.8 Å². The summed E-state index contributed by atoms with van der Waals surface area (Å²) >= 11 is 0. The van der Waals surface area contributed by atoms with Crippen molar-refractivity contribution in [3.05, 3.63) is 18.0 Å². The van der Waals surface area contributed by atoms with E-state index in [1.807, 2.05) is 20.8 Å². The van der Waals surface area contributed by atoms with Gasteiger partial charge < -0.3 is 15.0 Å². The van der Waals surface area contributed by atoms with Gasteiger partial charge in [0, 0.05) is 13.2 Å². The van der Waals surface area contributed by atoms with Gasteiger partial charge in [-0.1, -0.05) is 0 Å². The lowest BCUT2D eigenvalue weighted by Crippen LogP contribution is -2.25. The Hall–Kier alpha value is -1.45. The third-order valence-corrected chi connectivity index (χ3v) is 1.70. The molecular formula is C10H16N2O2. The zero-order valence-electron chi connectivity index (χ0n) is 9.00. The first kappa shape index (κ1) is 10.6. The van der Waals surface area contributed by atoms with Crippen molar-refractivity contribution < 1.29 is 9.53 Å². The lowest BCUT2D eigenvalue weighted by Gasteiger charge is -2.19. The first-order valence-corrected chi connectivity index (χ1v) is 4.45. The van der Waals surface area contributed by atoms with E-state index in [1.54, 1.807) is 23.9 Å². The molecule has 0 radical (unpaired) electrons. The van der Waals surface area contributed by atoms with E-state index in [0.29, 0.717) is 11.4 Å². The van der Waals surface area contributed by atoms with Crippen LogP contribution in [0, 0.1) is 0 Å². The fourth-order valence-corrected chi connectivity index (χ4v) is 1.14. The number of nitrogens with zero attached hydrogens (tertiary/aromatic N) is 1. The molecule has 0 saturated carbocycles. The lowest BCUT2D eigenvalue weighted by molar-refractivity contribution is 0.00604. The first-order valence-electron chi connectivity index (χ1n) is 4.45. The van der Waals surface area contributed by atoms with Crippen molar-refractivity contribution in [2.45, 2.75) is 26.4 Å². The summed E-state index contributed by atoms with van der Waals surface area (Å²) in [5, 5.41) is 0. The number of aromatic nitrogens is 1. The fraction of sp³-hybridized carbons (Fsp3) is 0.500. The molecule has 4 nitrogen and oxygen atoms in total. The van der Waals surface area contributed by atoms with Crippen LogP contribution in [0.5, 0.6) is 0 Å². The van der Waals surface area contributed by atoms with Crippen molar-refractivity contribution in [3.63, 3.8) is 0 Å². The summed E-state index contributed by atoms with van der Waals surface area (Å²) in [6, 6.07) is 1.68. The molecule has 2 N–H and O–H groups in total. The summed E-state index contributed by atoms with van der Waals surface area (Å²) < 4.78 is 6.86. The normalized spacial score (nSPS) is 11.4. The molecule has 1 aromatic heterocycles. The molecule has 0 aromatic carbocycles. The van der Waals surface area contributed by atoms with Crippen molar-refractivity contribution in [1.82, 2.24) is 4.57 Å². The standard InChI is InChI=1S/C10H16N2O2/c1-10(2,3)14-9(13)8-7(11)5-6-12(8)4/h5-6H,11H2,1-4H3. The SMILES string of the molecule is Cn1ccc(N)c1C(=O)OC(C)(C)C. The van der Waals surface area contributed by atoms with E-state index in [-0.39, 0.29) is 5.97 Å². The van der Waals surface area contributed by atoms with Crippen LogP contribution in [0.1, 0.15) is 31.3 Å². The fourth-order valence-electron chi connectivity index (χ4n) is 1.14. The molecule has 1 aromatic rings. The number of aryl methyl sites for hydroxylation is 1. The second kappa shape index (κ2) is 3.36. The molecular weight excluding hydrogens is 180 g/mol. The molecule has 0 saturated heterocycles. The summed E-state index contributed by atoms with van der Waals surface area (Å²) in [7, 11) is 1.76. The molecule has 0 aliphatic carbocycles. The van der Waals surface area contributed by atoms with Gasteiger partial charge in [-0.15, -0.1) is 0 Å². The molecule has 1 heterocycles. The van der Waals surface area contributed by atoms with Gasteiger partial charge in [0.2, 0.25) is 0 Å². The maximum absolute atomic E-state index is 11.6. The Labute approximate surface area is 83.7 Å². The predicted octanol–water partition coefficient (Wildman–Crippen LogP) is 1.56. The van der Waals surface area contributed by atoms with Crippen molar-refractivity contribution in [3.8, 4) is 0 Å². The number of anilines is 1. The Morgan fingerprint density at radius 3 is 2.43 bits per heavy atom. The summed E-state index contributed by atoms with van der Waals surface area (Å²) in [5.74, 6) is -0.387. The topological polar surface area (TPSA) is 57.2 Å². The highest BCUT2D eigenvalue weighted by atomic mass is 16.6. The van der Waals surface area contributed by atoms with Crippen LogP contribution in [-0.4, -0.2) is 16.1 Å². The van der Waals surface area contributed by atoms with Crippen LogP contribution in [0.3, 0.4) is 0 Å². The summed E-state index contributed by atoms with van der Waals surface area (Å²) in [6.07, 6.45) is 1.73. The van der Waals surface area contributed by atoms with Gasteiger partial charge in [-0.2, -0.15) is 0 Å². The molecule has 14 heavy (non-hydrogen) atoms. The molecule has 0 atom stereocenters. The van der Waals surface area contributed by atoms with Crippen molar-refractivity contribution in [2.24, 2.45) is 7.05 Å². The van der Waals surface area contributed by atoms with E-state index >= 15 is 0 Å². The molecule has 4 heteroatoms. The highest BCUT2D eigenvalue weighted by Gasteiger charge is 2.21. The monoisotopic (exact) mass is 196 g/mol. The van der Waals surface area contributed by atoms with E-state index < -0.39 is 5.60 Å². The minimum absolute atomic E-state index is 0.387. The quantitative estimate of drug-likeness (QED) is 0.693. The van der Waals surface area contributed by atoms with E-state index in [4.69, 9.17) is 10.5 Å². The molecule has 78 valence electrons. The highest BCUT2D eigenvalue weighted by Crippen LogP contribution is 2.17. The highest BCUT2D eigenvalue weighted by molar-refractivity contribution is 5.93. The predicted molar refractivity (Wildman–Crippen MR) is 55.0 cm³/mol. The molecule has 0 amide bonds. The first-order chi connectivity index (χ1) is 6.31. The van der Waals surface area contributed by atoms with E-state index in [9.17, 15) is 4.79 Å². The number of ether oxygens (including phenoxy) is 1. The Bertz CT molecular complexity index is 328. The van der Waals surface area contributed by atoms with Gasteiger partial charge in [0.1, 0.15) is 5.60 Å². The van der Waals surface area contributed by atoms with Gasteiger partial charge in [-0.3, -0.25) is 0 Å². The molecule has 0 aliphatic heterocycles. The Morgan fingerprint density at radius 1 is 1.50 bits per heavy atom. The average molecular weight is 196 g/mol. The lowest BCUT2D eigenvalue weighted by atomic mass is 10.2. The van der Waals surface area contributed by atoms with Crippen molar-refractivity contribution >= 4 is 11.7 Å². The Kier molecular flexibility index (Phi) is 2.55. The zero-order valence-corrected chi connectivity index (χ0v) is 9.00. The van der Waals surface area contributed by atoms with E-state index in [1.165, 1.54) is 0 Å². The number of nitrogen functional groups attached to an aromatic ring is 1. The Morgan fingerprint density at radius 2 is 2.07 bits per heavy atom. The minimum atomic E-state index is -0.492. The summed E-state index contributed by atoms with van der Waals surface area (Å²) in [5.41, 5.74) is 6.00. The van der Waals surface area contributed by atoms with Gasteiger partial charge in [0.05, 0.1) is 5.69 Å². The van der Waals surface area contributed by atoms with Crippen LogP contribution >= 0.6 is 0 Å². The third kappa shape index (κ3) is 2.28. The number of rotatable bonds is 1. The molecule has 1 rings (SSSR count).